The zero-order valence-corrected chi connectivity index (χ0v) is 19.9. The van der Waals surface area contributed by atoms with Crippen molar-refractivity contribution in [2.24, 2.45) is 7.05 Å². The Balaban J connectivity index is 1.33. The first-order valence-electron chi connectivity index (χ1n) is 10.9. The summed E-state index contributed by atoms with van der Waals surface area (Å²) >= 11 is 1.52. The van der Waals surface area contributed by atoms with Crippen LogP contribution in [0.2, 0.25) is 0 Å². The predicted octanol–water partition coefficient (Wildman–Crippen LogP) is 3.30. The van der Waals surface area contributed by atoms with E-state index in [0.29, 0.717) is 36.8 Å². The fraction of sp³-hybridized carbons (Fsp3) is 0.455. The molecule has 5 rings (SSSR count). The Kier molecular flexibility index (Phi) is 5.61. The molecule has 1 saturated heterocycles. The van der Waals surface area contributed by atoms with E-state index < -0.39 is 18.2 Å². The monoisotopic (exact) mass is 489 g/mol. The van der Waals surface area contributed by atoms with Gasteiger partial charge in [-0.3, -0.25) is 14.4 Å². The number of nitrogens with zero attached hydrogens (tertiary/aromatic N) is 6. The molecule has 12 heteroatoms. The van der Waals surface area contributed by atoms with Crippen LogP contribution < -0.4 is 5.32 Å². The second-order valence-electron chi connectivity index (χ2n) is 8.86. The summed E-state index contributed by atoms with van der Waals surface area (Å²) in [6.07, 6.45) is 0.210. The standard InChI is InChI=1S/C22H25F2N7O2S/c1-21(2)18-14(19(32)31(21)9-8-30-10-11-33-22(23,24)13-30)12-16(34-18)15-4-6-25-20(27-15)28-17-5-7-26-29(17)3/h4-7,12H,8-11,13H2,1-3H3,(H,25,27,28). The molecule has 34 heavy (non-hydrogen) atoms. The Morgan fingerprint density at radius 3 is 2.76 bits per heavy atom. The molecule has 0 saturated carbocycles. The number of alkyl halides is 2. The Morgan fingerprint density at radius 1 is 1.24 bits per heavy atom. The molecule has 1 fully saturated rings. The molecule has 2 aliphatic rings. The number of fused-ring (bicyclic) bond motifs is 1. The number of carbonyl (C=O) groups is 1. The molecule has 9 nitrogen and oxygen atoms in total. The van der Waals surface area contributed by atoms with Gasteiger partial charge in [0.2, 0.25) is 5.95 Å². The van der Waals surface area contributed by atoms with E-state index in [4.69, 9.17) is 0 Å². The number of halogens is 2. The summed E-state index contributed by atoms with van der Waals surface area (Å²) in [5, 5.41) is 7.26. The topological polar surface area (TPSA) is 88.4 Å². The van der Waals surface area contributed by atoms with Gasteiger partial charge in [-0.1, -0.05) is 0 Å². The molecule has 3 aromatic heterocycles. The molecule has 0 aliphatic carbocycles. The molecular formula is C22H25F2N7O2S. The number of carbonyl (C=O) groups excluding carboxylic acids is 1. The van der Waals surface area contributed by atoms with E-state index in [1.54, 1.807) is 26.9 Å². The molecule has 1 amide bonds. The number of amides is 1. The lowest BCUT2D eigenvalue weighted by Crippen LogP contribution is -2.50. The van der Waals surface area contributed by atoms with Gasteiger partial charge in [0, 0.05) is 43.8 Å². The highest BCUT2D eigenvalue weighted by Crippen LogP contribution is 2.46. The number of morpholine rings is 1. The molecule has 0 bridgehead atoms. The molecule has 0 aromatic carbocycles. The first-order chi connectivity index (χ1) is 16.1. The van der Waals surface area contributed by atoms with Gasteiger partial charge in [-0.05, 0) is 26.0 Å². The summed E-state index contributed by atoms with van der Waals surface area (Å²) in [5.74, 6) is 1.10. The van der Waals surface area contributed by atoms with Crippen molar-refractivity contribution in [1.82, 2.24) is 29.5 Å². The van der Waals surface area contributed by atoms with Gasteiger partial charge < -0.3 is 15.0 Å². The first-order valence-corrected chi connectivity index (χ1v) is 11.7. The fourth-order valence-corrected chi connectivity index (χ4v) is 5.57. The van der Waals surface area contributed by atoms with Gasteiger partial charge in [-0.15, -0.1) is 11.3 Å². The van der Waals surface area contributed by atoms with Gasteiger partial charge in [0.25, 0.3) is 5.91 Å². The molecule has 2 aliphatic heterocycles. The van der Waals surface area contributed by atoms with Crippen LogP contribution >= 0.6 is 11.3 Å². The van der Waals surface area contributed by atoms with E-state index in [1.165, 1.54) is 11.3 Å². The average molecular weight is 490 g/mol. The molecular weight excluding hydrogens is 464 g/mol. The highest BCUT2D eigenvalue weighted by atomic mass is 32.1. The highest BCUT2D eigenvalue weighted by molar-refractivity contribution is 7.16. The Bertz CT molecular complexity index is 1230. The van der Waals surface area contributed by atoms with Crippen LogP contribution in [0.4, 0.5) is 20.5 Å². The summed E-state index contributed by atoms with van der Waals surface area (Å²) in [5.41, 5.74) is 0.800. The number of anilines is 2. The van der Waals surface area contributed by atoms with Crippen LogP contribution in [0.5, 0.6) is 0 Å². The third kappa shape index (κ3) is 4.17. The van der Waals surface area contributed by atoms with E-state index in [1.807, 2.05) is 39.1 Å². The van der Waals surface area contributed by atoms with Crippen LogP contribution in [0.25, 0.3) is 10.6 Å². The van der Waals surface area contributed by atoms with Gasteiger partial charge in [-0.25, -0.2) is 9.97 Å². The Hall–Kier alpha value is -2.96. The highest BCUT2D eigenvalue weighted by Gasteiger charge is 2.45. The van der Waals surface area contributed by atoms with Gasteiger partial charge in [0.05, 0.1) is 41.0 Å². The average Bonchev–Trinajstić information content (AvgIpc) is 3.44. The summed E-state index contributed by atoms with van der Waals surface area (Å²) in [6.45, 7) is 4.66. The van der Waals surface area contributed by atoms with Crippen LogP contribution in [-0.2, 0) is 17.3 Å². The second-order valence-corrected chi connectivity index (χ2v) is 9.91. The number of thiophene rings is 1. The minimum atomic E-state index is -3.14. The van der Waals surface area contributed by atoms with Crippen molar-refractivity contribution in [1.29, 1.82) is 0 Å². The first kappa shape index (κ1) is 22.8. The summed E-state index contributed by atoms with van der Waals surface area (Å²) in [4.78, 5) is 27.4. The van der Waals surface area contributed by atoms with Gasteiger partial charge in [0.15, 0.2) is 0 Å². The zero-order chi connectivity index (χ0) is 24.1. The van der Waals surface area contributed by atoms with Crippen molar-refractivity contribution in [2.75, 3.05) is 38.1 Å². The zero-order valence-electron chi connectivity index (χ0n) is 19.1. The normalized spacial score (nSPS) is 19.4. The number of ether oxygens (including phenoxy) is 1. The number of hydrogen-bond donors (Lipinski definition) is 1. The number of aromatic nitrogens is 4. The number of aryl methyl sites for hydroxylation is 1. The van der Waals surface area contributed by atoms with Crippen LogP contribution in [0.15, 0.2) is 30.6 Å². The van der Waals surface area contributed by atoms with E-state index in [-0.39, 0.29) is 12.5 Å². The lowest BCUT2D eigenvalue weighted by Gasteiger charge is -2.36. The molecule has 3 aromatic rings. The molecule has 5 heterocycles. The Morgan fingerprint density at radius 2 is 2.06 bits per heavy atom. The lowest BCUT2D eigenvalue weighted by atomic mass is 10.0. The van der Waals surface area contributed by atoms with Crippen LogP contribution in [0.1, 0.15) is 29.1 Å². The number of rotatable bonds is 6. The predicted molar refractivity (Wildman–Crippen MR) is 123 cm³/mol. The maximum atomic E-state index is 13.5. The van der Waals surface area contributed by atoms with E-state index in [9.17, 15) is 13.6 Å². The van der Waals surface area contributed by atoms with Crippen LogP contribution in [0.3, 0.4) is 0 Å². The maximum absolute atomic E-state index is 13.5. The maximum Gasteiger partial charge on any atom is 0.368 e. The quantitative estimate of drug-likeness (QED) is 0.568. The van der Waals surface area contributed by atoms with Crippen LogP contribution in [0, 0.1) is 0 Å². The van der Waals surface area contributed by atoms with Crippen molar-refractivity contribution in [3.8, 4) is 10.6 Å². The largest absolute Gasteiger partial charge is 0.368 e. The molecule has 0 unspecified atom stereocenters. The third-order valence-corrected chi connectivity index (χ3v) is 7.65. The molecule has 180 valence electrons. The number of nitrogens with one attached hydrogen (secondary N) is 1. The summed E-state index contributed by atoms with van der Waals surface area (Å²) in [6, 6.07) is 5.50. The fourth-order valence-electron chi connectivity index (χ4n) is 4.34. The number of hydrogen-bond acceptors (Lipinski definition) is 8. The van der Waals surface area contributed by atoms with E-state index >= 15 is 0 Å². The second kappa shape index (κ2) is 8.36. The molecule has 0 atom stereocenters. The van der Waals surface area contributed by atoms with E-state index in [0.717, 1.165) is 15.6 Å². The minimum absolute atomic E-state index is 0.0165. The SMILES string of the molecule is Cn1nccc1Nc1nccc(-c2cc3c(s2)C(C)(C)N(CCN2CCOC(F)(F)C2)C3=O)n1. The van der Waals surface area contributed by atoms with Crippen molar-refractivity contribution >= 4 is 29.0 Å². The smallest absolute Gasteiger partial charge is 0.327 e. The minimum Gasteiger partial charge on any atom is -0.327 e. The van der Waals surface area contributed by atoms with Gasteiger partial charge in [0.1, 0.15) is 5.82 Å². The molecule has 0 radical (unpaired) electrons. The van der Waals surface area contributed by atoms with E-state index in [2.05, 4.69) is 25.1 Å². The van der Waals surface area contributed by atoms with Crippen molar-refractivity contribution in [3.63, 3.8) is 0 Å². The summed E-state index contributed by atoms with van der Waals surface area (Å²) in [7, 11) is 1.82. The van der Waals surface area contributed by atoms with Gasteiger partial charge >= 0.3 is 6.11 Å². The van der Waals surface area contributed by atoms with Crippen molar-refractivity contribution in [3.05, 3.63) is 41.0 Å². The van der Waals surface area contributed by atoms with Crippen molar-refractivity contribution in [2.45, 2.75) is 25.5 Å². The van der Waals surface area contributed by atoms with Crippen molar-refractivity contribution < 1.29 is 18.3 Å². The third-order valence-electron chi connectivity index (χ3n) is 6.18. The van der Waals surface area contributed by atoms with Gasteiger partial charge in [-0.2, -0.15) is 13.9 Å². The lowest BCUT2D eigenvalue weighted by molar-refractivity contribution is -0.270. The Labute approximate surface area is 199 Å². The summed E-state index contributed by atoms with van der Waals surface area (Å²) < 4.78 is 33.3. The molecule has 0 spiro atoms. The molecule has 1 N–H and O–H groups in total. The van der Waals surface area contributed by atoms with Crippen LogP contribution in [-0.4, -0.2) is 74.3 Å².